The van der Waals surface area contributed by atoms with Gasteiger partial charge in [-0.25, -0.2) is 4.39 Å². The van der Waals surface area contributed by atoms with Crippen molar-refractivity contribution in [3.05, 3.63) is 70.1 Å². The van der Waals surface area contributed by atoms with Crippen LogP contribution in [0.1, 0.15) is 35.7 Å². The molecule has 2 aromatic carbocycles. The van der Waals surface area contributed by atoms with E-state index in [0.717, 1.165) is 29.8 Å². The number of hydrogen-bond donors (Lipinski definition) is 0. The number of aromatic nitrogens is 1. The van der Waals surface area contributed by atoms with Crippen molar-refractivity contribution in [1.29, 1.82) is 0 Å². The Kier molecular flexibility index (Phi) is 3.84. The Hall–Kier alpha value is -1.84. The standard InChI is InChI=1S/C22H22ClFN2/c1-25-17-7-9-20(25)22-18-12-16(24)6-8-19(18)26(21(22)13-17)11-10-14-2-4-15(23)5-3-14/h2-6,8,12,17,20H,7,9-11,13H2,1H3. The van der Waals surface area contributed by atoms with Crippen molar-refractivity contribution >= 4 is 22.5 Å². The summed E-state index contributed by atoms with van der Waals surface area (Å²) in [5, 5.41) is 1.88. The first-order valence-electron chi connectivity index (χ1n) is 9.38. The van der Waals surface area contributed by atoms with E-state index in [-0.39, 0.29) is 5.82 Å². The first kappa shape index (κ1) is 16.3. The third-order valence-electron chi connectivity index (χ3n) is 6.32. The second-order valence-corrected chi connectivity index (χ2v) is 8.10. The van der Waals surface area contributed by atoms with Crippen LogP contribution in [0.3, 0.4) is 0 Å². The lowest BCUT2D eigenvalue weighted by Gasteiger charge is -2.32. The first-order chi connectivity index (χ1) is 12.6. The Balaban J connectivity index is 1.59. The molecule has 0 N–H and O–H groups in total. The van der Waals surface area contributed by atoms with Gasteiger partial charge < -0.3 is 4.57 Å². The zero-order valence-corrected chi connectivity index (χ0v) is 15.6. The van der Waals surface area contributed by atoms with Gasteiger partial charge in [-0.15, -0.1) is 0 Å². The molecule has 1 saturated heterocycles. The van der Waals surface area contributed by atoms with Gasteiger partial charge in [-0.3, -0.25) is 4.90 Å². The van der Waals surface area contributed by atoms with Crippen LogP contribution in [0.5, 0.6) is 0 Å². The molecule has 0 saturated carbocycles. The van der Waals surface area contributed by atoms with E-state index in [4.69, 9.17) is 11.6 Å². The van der Waals surface area contributed by atoms with E-state index in [1.54, 1.807) is 12.1 Å². The fourth-order valence-electron chi connectivity index (χ4n) is 4.97. The minimum Gasteiger partial charge on any atom is -0.344 e. The van der Waals surface area contributed by atoms with Crippen LogP contribution in [0.2, 0.25) is 5.02 Å². The zero-order chi connectivity index (χ0) is 17.8. The van der Waals surface area contributed by atoms with Gasteiger partial charge >= 0.3 is 0 Å². The molecule has 0 aliphatic carbocycles. The van der Waals surface area contributed by atoms with Crippen molar-refractivity contribution in [2.75, 3.05) is 7.05 Å². The average Bonchev–Trinajstić information content (AvgIpc) is 3.04. The second-order valence-electron chi connectivity index (χ2n) is 7.67. The molecule has 1 fully saturated rings. The van der Waals surface area contributed by atoms with Crippen LogP contribution in [-0.4, -0.2) is 22.6 Å². The molecule has 134 valence electrons. The van der Waals surface area contributed by atoms with Crippen LogP contribution in [0.25, 0.3) is 10.9 Å². The highest BCUT2D eigenvalue weighted by molar-refractivity contribution is 6.30. The maximum Gasteiger partial charge on any atom is 0.123 e. The number of halogens is 2. The quantitative estimate of drug-likeness (QED) is 0.603. The molecule has 3 aromatic rings. The van der Waals surface area contributed by atoms with Crippen molar-refractivity contribution in [3.63, 3.8) is 0 Å². The molecule has 4 heteroatoms. The number of fused-ring (bicyclic) bond motifs is 6. The van der Waals surface area contributed by atoms with Gasteiger partial charge in [-0.05, 0) is 67.8 Å². The molecule has 3 heterocycles. The van der Waals surface area contributed by atoms with Gasteiger partial charge in [-0.1, -0.05) is 23.7 Å². The molecule has 2 bridgehead atoms. The Bertz CT molecular complexity index is 976. The van der Waals surface area contributed by atoms with Gasteiger partial charge in [0, 0.05) is 46.7 Å². The van der Waals surface area contributed by atoms with Crippen LogP contribution in [0.4, 0.5) is 4.39 Å². The number of hydrogen-bond acceptors (Lipinski definition) is 1. The molecule has 2 aliphatic rings. The smallest absolute Gasteiger partial charge is 0.123 e. The fraction of sp³-hybridized carbons (Fsp3) is 0.364. The molecule has 2 unspecified atom stereocenters. The van der Waals surface area contributed by atoms with E-state index in [0.29, 0.717) is 12.1 Å². The summed E-state index contributed by atoms with van der Waals surface area (Å²) in [5.41, 5.74) is 5.24. The Labute approximate surface area is 158 Å². The normalized spacial score (nSPS) is 22.1. The summed E-state index contributed by atoms with van der Waals surface area (Å²) in [4.78, 5) is 2.50. The molecule has 0 spiro atoms. The minimum absolute atomic E-state index is 0.141. The maximum absolute atomic E-state index is 14.0. The zero-order valence-electron chi connectivity index (χ0n) is 14.9. The predicted octanol–water partition coefficient (Wildman–Crippen LogP) is 5.37. The number of aryl methyl sites for hydroxylation is 2. The first-order valence-corrected chi connectivity index (χ1v) is 9.76. The van der Waals surface area contributed by atoms with E-state index < -0.39 is 0 Å². The third kappa shape index (κ3) is 2.49. The van der Waals surface area contributed by atoms with E-state index in [9.17, 15) is 4.39 Å². The lowest BCUT2D eigenvalue weighted by molar-refractivity contribution is 0.222. The lowest BCUT2D eigenvalue weighted by atomic mass is 9.97. The summed E-state index contributed by atoms with van der Waals surface area (Å²) in [6.07, 6.45) is 4.44. The highest BCUT2D eigenvalue weighted by atomic mass is 35.5. The van der Waals surface area contributed by atoms with Gasteiger partial charge in [-0.2, -0.15) is 0 Å². The van der Waals surface area contributed by atoms with Crippen molar-refractivity contribution < 1.29 is 4.39 Å². The number of nitrogens with zero attached hydrogens (tertiary/aromatic N) is 2. The molecule has 2 aliphatic heterocycles. The molecule has 0 amide bonds. The number of rotatable bonds is 3. The van der Waals surface area contributed by atoms with Crippen molar-refractivity contribution in [2.24, 2.45) is 0 Å². The maximum atomic E-state index is 14.0. The van der Waals surface area contributed by atoms with Gasteiger partial charge in [0.25, 0.3) is 0 Å². The van der Waals surface area contributed by atoms with Crippen molar-refractivity contribution in [2.45, 2.75) is 44.3 Å². The van der Waals surface area contributed by atoms with Gasteiger partial charge in [0.15, 0.2) is 0 Å². The van der Waals surface area contributed by atoms with Gasteiger partial charge in [0.2, 0.25) is 0 Å². The number of benzene rings is 2. The average molecular weight is 369 g/mol. The van der Waals surface area contributed by atoms with Crippen molar-refractivity contribution in [1.82, 2.24) is 9.47 Å². The van der Waals surface area contributed by atoms with Crippen LogP contribution in [-0.2, 0) is 19.4 Å². The van der Waals surface area contributed by atoms with E-state index in [1.807, 2.05) is 18.2 Å². The molecular formula is C22H22ClFN2. The van der Waals surface area contributed by atoms with Gasteiger partial charge in [0.05, 0.1) is 0 Å². The summed E-state index contributed by atoms with van der Waals surface area (Å²) in [7, 11) is 2.22. The van der Waals surface area contributed by atoms with Crippen LogP contribution < -0.4 is 0 Å². The lowest BCUT2D eigenvalue weighted by Crippen LogP contribution is -2.34. The molecule has 0 radical (unpaired) electrons. The number of likely N-dealkylation sites (N-methyl/N-ethyl adjacent to an activating group) is 1. The Morgan fingerprint density at radius 1 is 1.12 bits per heavy atom. The third-order valence-corrected chi connectivity index (χ3v) is 6.57. The topological polar surface area (TPSA) is 8.17 Å². The van der Waals surface area contributed by atoms with Crippen molar-refractivity contribution in [3.8, 4) is 0 Å². The van der Waals surface area contributed by atoms with Crippen LogP contribution in [0, 0.1) is 5.82 Å². The summed E-state index contributed by atoms with van der Waals surface area (Å²) in [6, 6.07) is 14.4. The molecular weight excluding hydrogens is 347 g/mol. The predicted molar refractivity (Wildman–Crippen MR) is 104 cm³/mol. The summed E-state index contributed by atoms with van der Waals surface area (Å²) in [6.45, 7) is 0.919. The summed E-state index contributed by atoms with van der Waals surface area (Å²) in [5.74, 6) is -0.141. The SMILES string of the molecule is CN1C2CCC1c1c(n(CCc3ccc(Cl)cc3)c3ccc(F)cc13)C2. The molecule has 5 rings (SSSR count). The fourth-order valence-corrected chi connectivity index (χ4v) is 5.10. The summed E-state index contributed by atoms with van der Waals surface area (Å²) >= 11 is 6.01. The second kappa shape index (κ2) is 6.11. The van der Waals surface area contributed by atoms with Crippen LogP contribution in [0.15, 0.2) is 42.5 Å². The van der Waals surface area contributed by atoms with Gasteiger partial charge in [0.1, 0.15) is 5.82 Å². The van der Waals surface area contributed by atoms with Crippen LogP contribution >= 0.6 is 11.6 Å². The molecule has 26 heavy (non-hydrogen) atoms. The molecule has 1 aromatic heterocycles. The highest BCUT2D eigenvalue weighted by Gasteiger charge is 2.40. The molecule has 2 nitrogen and oxygen atoms in total. The monoisotopic (exact) mass is 368 g/mol. The largest absolute Gasteiger partial charge is 0.344 e. The Morgan fingerprint density at radius 2 is 1.92 bits per heavy atom. The molecule has 2 atom stereocenters. The highest BCUT2D eigenvalue weighted by Crippen LogP contribution is 2.46. The Morgan fingerprint density at radius 3 is 2.73 bits per heavy atom. The van der Waals surface area contributed by atoms with E-state index in [1.165, 1.54) is 35.2 Å². The van der Waals surface area contributed by atoms with E-state index in [2.05, 4.69) is 28.6 Å². The minimum atomic E-state index is -0.141. The van der Waals surface area contributed by atoms with E-state index >= 15 is 0 Å². The summed E-state index contributed by atoms with van der Waals surface area (Å²) < 4.78 is 16.4.